The highest BCUT2D eigenvalue weighted by Gasteiger charge is 2.15. The molecule has 17 heavy (non-hydrogen) atoms. The molecular weight excluding hydrogens is 224 g/mol. The number of esters is 2. The van der Waals surface area contributed by atoms with Crippen molar-refractivity contribution in [3.8, 4) is 17.2 Å². The molecule has 0 atom stereocenters. The Morgan fingerprint density at radius 1 is 1.06 bits per heavy atom. The minimum absolute atomic E-state index is 0.122. The number of carbonyl (C=O) groups is 2. The predicted molar refractivity (Wildman–Crippen MR) is 60.2 cm³/mol. The number of para-hydroxylation sites is 1. The molecule has 0 unspecified atom stereocenters. The molecule has 0 fully saturated rings. The van der Waals surface area contributed by atoms with Crippen LogP contribution in [0.3, 0.4) is 0 Å². The standard InChI is InChI=1S/C12H14O5/c1-4-15-10-6-5-7-11(16-8(2)13)12(10)17-9(3)14/h5-7H,4H2,1-3H3. The van der Waals surface area contributed by atoms with E-state index in [1.807, 2.05) is 0 Å². The Morgan fingerprint density at radius 2 is 1.65 bits per heavy atom. The molecule has 1 aromatic rings. The smallest absolute Gasteiger partial charge is 0.308 e. The first-order valence-electron chi connectivity index (χ1n) is 5.17. The fraction of sp³-hybridized carbons (Fsp3) is 0.333. The minimum atomic E-state index is -0.509. The molecule has 0 heterocycles. The second-order valence-electron chi connectivity index (χ2n) is 3.20. The van der Waals surface area contributed by atoms with Gasteiger partial charge in [0.25, 0.3) is 0 Å². The average Bonchev–Trinajstić information content (AvgIpc) is 2.21. The van der Waals surface area contributed by atoms with Crippen LogP contribution in [0.15, 0.2) is 18.2 Å². The summed E-state index contributed by atoms with van der Waals surface area (Å²) in [6, 6.07) is 4.81. The summed E-state index contributed by atoms with van der Waals surface area (Å²) in [5.74, 6) is -0.352. The summed E-state index contributed by atoms with van der Waals surface area (Å²) >= 11 is 0. The van der Waals surface area contributed by atoms with E-state index in [0.717, 1.165) is 0 Å². The molecular formula is C12H14O5. The summed E-state index contributed by atoms with van der Waals surface area (Å²) in [7, 11) is 0. The quantitative estimate of drug-likeness (QED) is 0.592. The molecule has 0 aliphatic heterocycles. The van der Waals surface area contributed by atoms with Crippen LogP contribution in [0.2, 0.25) is 0 Å². The van der Waals surface area contributed by atoms with Crippen LogP contribution in [-0.2, 0) is 9.59 Å². The molecule has 92 valence electrons. The normalized spacial score (nSPS) is 9.59. The van der Waals surface area contributed by atoms with E-state index in [1.165, 1.54) is 19.9 Å². The van der Waals surface area contributed by atoms with Crippen molar-refractivity contribution in [2.45, 2.75) is 20.8 Å². The number of rotatable bonds is 4. The summed E-state index contributed by atoms with van der Waals surface area (Å²) in [6.07, 6.45) is 0. The molecule has 1 aromatic carbocycles. The van der Waals surface area contributed by atoms with Crippen molar-refractivity contribution in [2.24, 2.45) is 0 Å². The third-order valence-corrected chi connectivity index (χ3v) is 1.74. The van der Waals surface area contributed by atoms with E-state index in [9.17, 15) is 9.59 Å². The largest absolute Gasteiger partial charge is 0.490 e. The van der Waals surface area contributed by atoms with Crippen LogP contribution in [-0.4, -0.2) is 18.5 Å². The van der Waals surface area contributed by atoms with E-state index in [0.29, 0.717) is 12.4 Å². The lowest BCUT2D eigenvalue weighted by molar-refractivity contribution is -0.134. The number of ether oxygens (including phenoxy) is 3. The van der Waals surface area contributed by atoms with Gasteiger partial charge in [-0.15, -0.1) is 0 Å². The van der Waals surface area contributed by atoms with Gasteiger partial charge in [-0.25, -0.2) is 0 Å². The van der Waals surface area contributed by atoms with Crippen molar-refractivity contribution in [3.63, 3.8) is 0 Å². The molecule has 0 aliphatic rings. The van der Waals surface area contributed by atoms with E-state index in [1.54, 1.807) is 19.1 Å². The van der Waals surface area contributed by atoms with Crippen molar-refractivity contribution in [1.82, 2.24) is 0 Å². The fourth-order valence-corrected chi connectivity index (χ4v) is 1.24. The van der Waals surface area contributed by atoms with Gasteiger partial charge in [0.05, 0.1) is 6.61 Å². The maximum Gasteiger partial charge on any atom is 0.308 e. The van der Waals surface area contributed by atoms with Gasteiger partial charge >= 0.3 is 11.9 Å². The van der Waals surface area contributed by atoms with Crippen molar-refractivity contribution in [3.05, 3.63) is 18.2 Å². The van der Waals surface area contributed by atoms with E-state index >= 15 is 0 Å². The SMILES string of the molecule is CCOc1cccc(OC(C)=O)c1OC(C)=O. The maximum absolute atomic E-state index is 11.0. The molecule has 0 aromatic heterocycles. The van der Waals surface area contributed by atoms with Crippen LogP contribution in [0.25, 0.3) is 0 Å². The van der Waals surface area contributed by atoms with Gasteiger partial charge < -0.3 is 14.2 Å². The van der Waals surface area contributed by atoms with E-state index < -0.39 is 11.9 Å². The lowest BCUT2D eigenvalue weighted by Gasteiger charge is -2.12. The molecule has 0 aliphatic carbocycles. The van der Waals surface area contributed by atoms with Gasteiger partial charge in [-0.05, 0) is 19.1 Å². The average molecular weight is 238 g/mol. The fourth-order valence-electron chi connectivity index (χ4n) is 1.24. The molecule has 0 amide bonds. The van der Waals surface area contributed by atoms with Crippen LogP contribution in [0.5, 0.6) is 17.2 Å². The molecule has 0 saturated carbocycles. The molecule has 0 radical (unpaired) electrons. The topological polar surface area (TPSA) is 61.8 Å². The van der Waals surface area contributed by atoms with E-state index in [-0.39, 0.29) is 11.5 Å². The Kier molecular flexibility index (Phi) is 4.51. The van der Waals surface area contributed by atoms with Gasteiger partial charge in [-0.3, -0.25) is 9.59 Å². The van der Waals surface area contributed by atoms with Crippen LogP contribution in [0.1, 0.15) is 20.8 Å². The van der Waals surface area contributed by atoms with Crippen molar-refractivity contribution in [2.75, 3.05) is 6.61 Å². The Labute approximate surface area is 99.3 Å². The Morgan fingerprint density at radius 3 is 2.18 bits per heavy atom. The molecule has 1 rings (SSSR count). The van der Waals surface area contributed by atoms with Crippen molar-refractivity contribution < 1.29 is 23.8 Å². The minimum Gasteiger partial charge on any atom is -0.490 e. The van der Waals surface area contributed by atoms with Gasteiger partial charge in [0.15, 0.2) is 11.5 Å². The highest BCUT2D eigenvalue weighted by atomic mass is 16.6. The first-order chi connectivity index (χ1) is 8.04. The van der Waals surface area contributed by atoms with Crippen LogP contribution in [0.4, 0.5) is 0 Å². The first-order valence-corrected chi connectivity index (χ1v) is 5.17. The van der Waals surface area contributed by atoms with Gasteiger partial charge in [0, 0.05) is 13.8 Å². The zero-order chi connectivity index (χ0) is 12.8. The summed E-state index contributed by atoms with van der Waals surface area (Å²) in [4.78, 5) is 21.9. The second kappa shape index (κ2) is 5.89. The van der Waals surface area contributed by atoms with E-state index in [2.05, 4.69) is 0 Å². The first kappa shape index (κ1) is 13.0. The lowest BCUT2D eigenvalue weighted by atomic mass is 10.3. The van der Waals surface area contributed by atoms with Crippen LogP contribution in [0, 0.1) is 0 Å². The summed E-state index contributed by atoms with van der Waals surface area (Å²) in [6.45, 7) is 4.75. The number of hydrogen-bond donors (Lipinski definition) is 0. The lowest BCUT2D eigenvalue weighted by Crippen LogP contribution is -2.08. The van der Waals surface area contributed by atoms with Crippen LogP contribution < -0.4 is 14.2 Å². The summed E-state index contributed by atoms with van der Waals surface area (Å²) in [5.41, 5.74) is 0. The molecule has 5 nitrogen and oxygen atoms in total. The summed E-state index contributed by atoms with van der Waals surface area (Å²) < 4.78 is 15.2. The number of benzene rings is 1. The summed E-state index contributed by atoms with van der Waals surface area (Å²) in [5, 5.41) is 0. The van der Waals surface area contributed by atoms with Gasteiger partial charge in [-0.1, -0.05) is 6.07 Å². The Hall–Kier alpha value is -2.04. The molecule has 0 saturated heterocycles. The molecule has 0 spiro atoms. The maximum atomic E-state index is 11.0. The Balaban J connectivity index is 3.13. The van der Waals surface area contributed by atoms with Gasteiger partial charge in [-0.2, -0.15) is 0 Å². The van der Waals surface area contributed by atoms with Crippen LogP contribution >= 0.6 is 0 Å². The zero-order valence-corrected chi connectivity index (χ0v) is 9.98. The predicted octanol–water partition coefficient (Wildman–Crippen LogP) is 1.94. The third kappa shape index (κ3) is 3.79. The number of carbonyl (C=O) groups excluding carboxylic acids is 2. The highest BCUT2D eigenvalue weighted by Crippen LogP contribution is 2.37. The van der Waals surface area contributed by atoms with Gasteiger partial charge in [0.2, 0.25) is 5.75 Å². The zero-order valence-electron chi connectivity index (χ0n) is 9.98. The van der Waals surface area contributed by atoms with Crippen molar-refractivity contribution in [1.29, 1.82) is 0 Å². The molecule has 5 heteroatoms. The van der Waals surface area contributed by atoms with Gasteiger partial charge in [0.1, 0.15) is 0 Å². The molecule has 0 bridgehead atoms. The van der Waals surface area contributed by atoms with E-state index in [4.69, 9.17) is 14.2 Å². The monoisotopic (exact) mass is 238 g/mol. The highest BCUT2D eigenvalue weighted by molar-refractivity contribution is 5.75. The third-order valence-electron chi connectivity index (χ3n) is 1.74. The van der Waals surface area contributed by atoms with Crippen molar-refractivity contribution >= 4 is 11.9 Å². The second-order valence-corrected chi connectivity index (χ2v) is 3.20. The molecule has 0 N–H and O–H groups in total. The Bertz CT molecular complexity index is 425. The number of hydrogen-bond acceptors (Lipinski definition) is 5.